The molecule has 0 amide bonds. The summed E-state index contributed by atoms with van der Waals surface area (Å²) in [6, 6.07) is 0. The number of methoxy groups -OCH3 is 1. The van der Waals surface area contributed by atoms with E-state index in [1.54, 1.807) is 19.5 Å². The summed E-state index contributed by atoms with van der Waals surface area (Å²) in [7, 11) is 1.77. The molecule has 0 aromatic carbocycles. The van der Waals surface area contributed by atoms with Crippen LogP contribution < -0.4 is 10.6 Å². The maximum atomic E-state index is 5.95. The van der Waals surface area contributed by atoms with Crippen molar-refractivity contribution in [3.05, 3.63) is 16.9 Å². The molecule has 0 aliphatic carbocycles. The lowest BCUT2D eigenvalue weighted by molar-refractivity contribution is 0.0819. The lowest BCUT2D eigenvalue weighted by Crippen LogP contribution is -2.37. The van der Waals surface area contributed by atoms with Crippen LogP contribution in [0, 0.1) is 0 Å². The predicted octanol–water partition coefficient (Wildman–Crippen LogP) is 2.04. The molecule has 4 nitrogen and oxygen atoms in total. The zero-order valence-electron chi connectivity index (χ0n) is 9.32. The highest BCUT2D eigenvalue weighted by Crippen LogP contribution is 2.33. The number of halogens is 1. The van der Waals surface area contributed by atoms with Gasteiger partial charge in [0.15, 0.2) is 0 Å². The lowest BCUT2D eigenvalue weighted by atomic mass is 10.1. The summed E-state index contributed by atoms with van der Waals surface area (Å²) in [6.45, 7) is 1.95. The Labute approximate surface area is 104 Å². The number of pyridine rings is 1. The number of nitrogens with zero attached hydrogens (tertiary/aromatic N) is 2. The highest BCUT2D eigenvalue weighted by atomic mass is 79.9. The van der Waals surface area contributed by atoms with E-state index in [1.165, 1.54) is 0 Å². The number of ether oxygens (including phenoxy) is 1. The van der Waals surface area contributed by atoms with Gasteiger partial charge in [0.2, 0.25) is 0 Å². The molecule has 1 saturated heterocycles. The molecule has 2 rings (SSSR count). The topological polar surface area (TPSA) is 51.4 Å². The minimum absolute atomic E-state index is 0.387. The second-order valence-corrected chi connectivity index (χ2v) is 4.84. The molecular formula is C11H16BrN3O. The van der Waals surface area contributed by atoms with Gasteiger partial charge in [0.1, 0.15) is 0 Å². The molecule has 2 N–H and O–H groups in total. The number of anilines is 2. The molecule has 0 bridgehead atoms. The second kappa shape index (κ2) is 5.01. The molecule has 0 unspecified atom stereocenters. The van der Waals surface area contributed by atoms with E-state index in [9.17, 15) is 0 Å². The van der Waals surface area contributed by atoms with Crippen LogP contribution in [0.5, 0.6) is 0 Å². The van der Waals surface area contributed by atoms with Gasteiger partial charge in [-0.25, -0.2) is 0 Å². The fourth-order valence-corrected chi connectivity index (χ4v) is 2.69. The van der Waals surface area contributed by atoms with Crippen molar-refractivity contribution in [3.8, 4) is 0 Å². The predicted molar refractivity (Wildman–Crippen MR) is 68.6 cm³/mol. The van der Waals surface area contributed by atoms with Crippen LogP contribution in [-0.4, -0.2) is 31.3 Å². The van der Waals surface area contributed by atoms with Gasteiger partial charge in [-0.05, 0) is 28.8 Å². The molecule has 16 heavy (non-hydrogen) atoms. The fraction of sp³-hybridized carbons (Fsp3) is 0.545. The monoisotopic (exact) mass is 285 g/mol. The first-order valence-electron chi connectivity index (χ1n) is 5.39. The number of hydrogen-bond donors (Lipinski definition) is 1. The van der Waals surface area contributed by atoms with Crippen LogP contribution in [0.25, 0.3) is 0 Å². The van der Waals surface area contributed by atoms with E-state index < -0.39 is 0 Å². The Morgan fingerprint density at radius 1 is 1.44 bits per heavy atom. The SMILES string of the molecule is COC1CCN(c2c(N)cncc2Br)CC1. The standard InChI is InChI=1S/C11H16BrN3O/c1-16-8-2-4-15(5-3-8)11-9(12)6-14-7-10(11)13/h6-8H,2-5,13H2,1H3. The smallest absolute Gasteiger partial charge is 0.0776 e. The quantitative estimate of drug-likeness (QED) is 0.904. The first-order valence-corrected chi connectivity index (χ1v) is 6.18. The third-order valence-corrected chi connectivity index (χ3v) is 3.57. The highest BCUT2D eigenvalue weighted by molar-refractivity contribution is 9.10. The molecule has 0 saturated carbocycles. The molecule has 1 fully saturated rings. The number of rotatable bonds is 2. The average molecular weight is 286 g/mol. The molecule has 0 radical (unpaired) electrons. The van der Waals surface area contributed by atoms with Crippen LogP contribution in [0.15, 0.2) is 16.9 Å². The normalized spacial score (nSPS) is 17.8. The molecule has 0 atom stereocenters. The minimum atomic E-state index is 0.387. The Kier molecular flexibility index (Phi) is 3.66. The molecule has 0 spiro atoms. The summed E-state index contributed by atoms with van der Waals surface area (Å²) in [5, 5.41) is 0. The molecule has 1 aliphatic heterocycles. The summed E-state index contributed by atoms with van der Waals surface area (Å²) in [6.07, 6.45) is 5.96. The maximum absolute atomic E-state index is 5.95. The Morgan fingerprint density at radius 3 is 2.69 bits per heavy atom. The summed E-state index contributed by atoms with van der Waals surface area (Å²) in [5.41, 5.74) is 7.74. The molecule has 1 aromatic heterocycles. The summed E-state index contributed by atoms with van der Waals surface area (Å²) in [5.74, 6) is 0. The Balaban J connectivity index is 2.14. The van der Waals surface area contributed by atoms with Gasteiger partial charge >= 0.3 is 0 Å². The Hall–Kier alpha value is -0.810. The van der Waals surface area contributed by atoms with Crippen molar-refractivity contribution in [2.75, 3.05) is 30.8 Å². The molecule has 5 heteroatoms. The van der Waals surface area contributed by atoms with Crippen LogP contribution in [0.3, 0.4) is 0 Å². The minimum Gasteiger partial charge on any atom is -0.396 e. The van der Waals surface area contributed by atoms with Gasteiger partial charge in [0.05, 0.1) is 28.1 Å². The van der Waals surface area contributed by atoms with E-state index in [1.807, 2.05) is 0 Å². The van der Waals surface area contributed by atoms with E-state index in [-0.39, 0.29) is 0 Å². The van der Waals surface area contributed by atoms with Gasteiger partial charge in [0, 0.05) is 26.4 Å². The van der Waals surface area contributed by atoms with E-state index in [0.29, 0.717) is 6.10 Å². The van der Waals surface area contributed by atoms with Crippen molar-refractivity contribution in [2.45, 2.75) is 18.9 Å². The van der Waals surface area contributed by atoms with Gasteiger partial charge in [0.25, 0.3) is 0 Å². The van der Waals surface area contributed by atoms with E-state index in [4.69, 9.17) is 10.5 Å². The summed E-state index contributed by atoms with van der Waals surface area (Å²) >= 11 is 3.50. The summed E-state index contributed by atoms with van der Waals surface area (Å²) < 4.78 is 6.32. The number of piperidine rings is 1. The zero-order valence-corrected chi connectivity index (χ0v) is 10.9. The van der Waals surface area contributed by atoms with Gasteiger partial charge in [-0.15, -0.1) is 0 Å². The van der Waals surface area contributed by atoms with Crippen LogP contribution in [-0.2, 0) is 4.74 Å². The van der Waals surface area contributed by atoms with Gasteiger partial charge in [-0.1, -0.05) is 0 Å². The van der Waals surface area contributed by atoms with Crippen molar-refractivity contribution in [1.82, 2.24) is 4.98 Å². The van der Waals surface area contributed by atoms with Gasteiger partial charge in [-0.2, -0.15) is 0 Å². The summed E-state index contributed by atoms with van der Waals surface area (Å²) in [4.78, 5) is 6.34. The van der Waals surface area contributed by atoms with Crippen LogP contribution >= 0.6 is 15.9 Å². The maximum Gasteiger partial charge on any atom is 0.0776 e. The van der Waals surface area contributed by atoms with Crippen molar-refractivity contribution in [3.63, 3.8) is 0 Å². The van der Waals surface area contributed by atoms with Gasteiger partial charge < -0.3 is 15.4 Å². The first-order chi connectivity index (χ1) is 7.72. The fourth-order valence-electron chi connectivity index (χ4n) is 2.09. The molecule has 88 valence electrons. The number of hydrogen-bond acceptors (Lipinski definition) is 4. The van der Waals surface area contributed by atoms with E-state index in [2.05, 4.69) is 25.8 Å². The molecule has 1 aliphatic rings. The first kappa shape index (κ1) is 11.7. The lowest BCUT2D eigenvalue weighted by Gasteiger charge is -2.34. The second-order valence-electron chi connectivity index (χ2n) is 3.98. The highest BCUT2D eigenvalue weighted by Gasteiger charge is 2.21. The Bertz CT molecular complexity index is 344. The number of nitrogens with two attached hydrogens (primary N) is 1. The molecule has 2 heterocycles. The third-order valence-electron chi connectivity index (χ3n) is 2.99. The largest absolute Gasteiger partial charge is 0.396 e. The van der Waals surface area contributed by atoms with Crippen molar-refractivity contribution in [2.24, 2.45) is 0 Å². The van der Waals surface area contributed by atoms with Crippen LogP contribution in [0.4, 0.5) is 11.4 Å². The van der Waals surface area contributed by atoms with Crippen molar-refractivity contribution >= 4 is 27.3 Å². The van der Waals surface area contributed by atoms with Crippen LogP contribution in [0.1, 0.15) is 12.8 Å². The third kappa shape index (κ3) is 2.30. The van der Waals surface area contributed by atoms with E-state index in [0.717, 1.165) is 41.8 Å². The Morgan fingerprint density at radius 2 is 2.12 bits per heavy atom. The van der Waals surface area contributed by atoms with Gasteiger partial charge in [-0.3, -0.25) is 4.98 Å². The molecular weight excluding hydrogens is 270 g/mol. The molecule has 1 aromatic rings. The van der Waals surface area contributed by atoms with Crippen molar-refractivity contribution in [1.29, 1.82) is 0 Å². The average Bonchev–Trinajstić information content (AvgIpc) is 2.30. The van der Waals surface area contributed by atoms with Crippen molar-refractivity contribution < 1.29 is 4.74 Å². The number of nitrogen functional groups attached to an aromatic ring is 1. The zero-order chi connectivity index (χ0) is 11.5. The van der Waals surface area contributed by atoms with E-state index >= 15 is 0 Å². The van der Waals surface area contributed by atoms with Crippen LogP contribution in [0.2, 0.25) is 0 Å². The number of aromatic nitrogens is 1.